The quantitative estimate of drug-likeness (QED) is 0.669. The van der Waals surface area contributed by atoms with Crippen molar-refractivity contribution in [3.63, 3.8) is 0 Å². The van der Waals surface area contributed by atoms with Crippen molar-refractivity contribution in [1.82, 2.24) is 0 Å². The summed E-state index contributed by atoms with van der Waals surface area (Å²) >= 11 is 0. The first kappa shape index (κ1) is 9.95. The van der Waals surface area contributed by atoms with Gasteiger partial charge in [-0.1, -0.05) is 25.3 Å². The highest BCUT2D eigenvalue weighted by molar-refractivity contribution is 5.91. The fourth-order valence-corrected chi connectivity index (χ4v) is 3.05. The Morgan fingerprint density at radius 1 is 1.50 bits per heavy atom. The van der Waals surface area contributed by atoms with Gasteiger partial charge >= 0.3 is 0 Å². The van der Waals surface area contributed by atoms with Crippen molar-refractivity contribution < 1.29 is 4.79 Å². The van der Waals surface area contributed by atoms with Gasteiger partial charge in [0.05, 0.1) is 0 Å². The number of hydrogen-bond acceptors (Lipinski definition) is 1. The van der Waals surface area contributed by atoms with Crippen LogP contribution in [0.15, 0.2) is 11.6 Å². The Kier molecular flexibility index (Phi) is 3.05. The molecule has 0 radical (unpaired) electrons. The highest BCUT2D eigenvalue weighted by Gasteiger charge is 2.33. The van der Waals surface area contributed by atoms with Crippen LogP contribution in [0.25, 0.3) is 0 Å². The Bertz CT molecular complexity index is 252. The topological polar surface area (TPSA) is 17.1 Å². The number of carbonyl (C=O) groups is 1. The molecule has 0 amide bonds. The van der Waals surface area contributed by atoms with Gasteiger partial charge in [-0.15, -0.1) is 0 Å². The number of carbonyl (C=O) groups excluding carboxylic acids is 1. The molecule has 2 aliphatic carbocycles. The van der Waals surface area contributed by atoms with Gasteiger partial charge in [0, 0.05) is 6.42 Å². The molecule has 0 saturated heterocycles. The fourth-order valence-electron chi connectivity index (χ4n) is 3.05. The number of unbranched alkanes of at least 4 members (excludes halogenated alkanes) is 1. The predicted molar refractivity (Wildman–Crippen MR) is 58.1 cm³/mol. The first-order valence-electron chi connectivity index (χ1n) is 6.04. The Hall–Kier alpha value is -0.590. The Balaban J connectivity index is 2.04. The predicted octanol–water partition coefficient (Wildman–Crippen LogP) is 3.49. The number of allylic oxidation sites excluding steroid dienone is 2. The van der Waals surface area contributed by atoms with Crippen LogP contribution in [0.2, 0.25) is 0 Å². The summed E-state index contributed by atoms with van der Waals surface area (Å²) in [4.78, 5) is 11.5. The van der Waals surface area contributed by atoms with Gasteiger partial charge < -0.3 is 0 Å². The molecule has 0 heterocycles. The van der Waals surface area contributed by atoms with Gasteiger partial charge in [0.2, 0.25) is 0 Å². The maximum absolute atomic E-state index is 11.5. The summed E-state index contributed by atoms with van der Waals surface area (Å²) in [5, 5.41) is 0. The Morgan fingerprint density at radius 3 is 3.14 bits per heavy atom. The van der Waals surface area contributed by atoms with Gasteiger partial charge in [0.1, 0.15) is 0 Å². The molecule has 1 heteroatoms. The number of ketones is 1. The van der Waals surface area contributed by atoms with Gasteiger partial charge in [-0.25, -0.2) is 0 Å². The lowest BCUT2D eigenvalue weighted by molar-refractivity contribution is -0.116. The van der Waals surface area contributed by atoms with E-state index in [9.17, 15) is 4.79 Å². The molecule has 1 saturated carbocycles. The lowest BCUT2D eigenvalue weighted by atomic mass is 9.77. The lowest BCUT2D eigenvalue weighted by Crippen LogP contribution is -2.21. The smallest absolute Gasteiger partial charge is 0.155 e. The molecule has 2 aliphatic rings. The summed E-state index contributed by atoms with van der Waals surface area (Å²) < 4.78 is 0. The van der Waals surface area contributed by atoms with Gasteiger partial charge in [-0.3, -0.25) is 4.79 Å². The second-order valence-electron chi connectivity index (χ2n) is 4.79. The molecule has 2 rings (SSSR count). The molecule has 0 aliphatic heterocycles. The number of rotatable bonds is 3. The molecule has 1 nitrogen and oxygen atoms in total. The standard InChI is InChI=1S/C13H20O/c1-2-3-5-10-8-12(14)9-11-6-4-7-13(10)11/h9-10,13H,2-8H2,1H3. The molecule has 0 spiro atoms. The zero-order valence-electron chi connectivity index (χ0n) is 9.09. The van der Waals surface area contributed by atoms with E-state index in [1.807, 2.05) is 6.08 Å². The maximum atomic E-state index is 11.5. The van der Waals surface area contributed by atoms with Crippen LogP contribution in [0.1, 0.15) is 51.9 Å². The van der Waals surface area contributed by atoms with Gasteiger partial charge in [-0.2, -0.15) is 0 Å². The summed E-state index contributed by atoms with van der Waals surface area (Å²) in [6, 6.07) is 0. The van der Waals surface area contributed by atoms with Crippen molar-refractivity contribution >= 4 is 5.78 Å². The van der Waals surface area contributed by atoms with E-state index in [2.05, 4.69) is 6.92 Å². The average molecular weight is 192 g/mol. The third-order valence-corrected chi connectivity index (χ3v) is 3.76. The van der Waals surface area contributed by atoms with E-state index >= 15 is 0 Å². The van der Waals surface area contributed by atoms with Gasteiger partial charge in [-0.05, 0) is 43.6 Å². The summed E-state index contributed by atoms with van der Waals surface area (Å²) in [6.07, 6.45) is 10.4. The number of fused-ring (bicyclic) bond motifs is 1. The van der Waals surface area contributed by atoms with E-state index in [1.54, 1.807) is 0 Å². The summed E-state index contributed by atoms with van der Waals surface area (Å²) in [5.41, 5.74) is 1.47. The van der Waals surface area contributed by atoms with Crippen molar-refractivity contribution in [1.29, 1.82) is 0 Å². The molecule has 2 atom stereocenters. The van der Waals surface area contributed by atoms with Crippen molar-refractivity contribution in [2.24, 2.45) is 11.8 Å². The zero-order chi connectivity index (χ0) is 9.97. The molecule has 0 aromatic heterocycles. The first-order valence-corrected chi connectivity index (χ1v) is 6.04. The molecule has 0 aromatic carbocycles. The highest BCUT2D eigenvalue weighted by atomic mass is 16.1. The monoisotopic (exact) mass is 192 g/mol. The van der Waals surface area contributed by atoms with Gasteiger partial charge in [0.25, 0.3) is 0 Å². The van der Waals surface area contributed by atoms with Crippen LogP contribution in [0.3, 0.4) is 0 Å². The molecular formula is C13H20O. The minimum Gasteiger partial charge on any atom is -0.295 e. The van der Waals surface area contributed by atoms with Crippen molar-refractivity contribution in [3.05, 3.63) is 11.6 Å². The van der Waals surface area contributed by atoms with Crippen LogP contribution >= 0.6 is 0 Å². The third kappa shape index (κ3) is 1.92. The van der Waals surface area contributed by atoms with Crippen LogP contribution in [0.4, 0.5) is 0 Å². The van der Waals surface area contributed by atoms with E-state index in [1.165, 1.54) is 44.1 Å². The van der Waals surface area contributed by atoms with E-state index < -0.39 is 0 Å². The molecular weight excluding hydrogens is 172 g/mol. The summed E-state index contributed by atoms with van der Waals surface area (Å²) in [7, 11) is 0. The molecule has 2 unspecified atom stereocenters. The lowest BCUT2D eigenvalue weighted by Gasteiger charge is -2.27. The van der Waals surface area contributed by atoms with E-state index in [4.69, 9.17) is 0 Å². The zero-order valence-corrected chi connectivity index (χ0v) is 9.09. The minimum atomic E-state index is 0.388. The Labute approximate surface area is 86.6 Å². The maximum Gasteiger partial charge on any atom is 0.155 e. The minimum absolute atomic E-state index is 0.388. The summed E-state index contributed by atoms with van der Waals surface area (Å²) in [5.74, 6) is 1.85. The van der Waals surface area contributed by atoms with Crippen molar-refractivity contribution in [2.45, 2.75) is 51.9 Å². The van der Waals surface area contributed by atoms with Crippen LogP contribution in [-0.4, -0.2) is 5.78 Å². The summed E-state index contributed by atoms with van der Waals surface area (Å²) in [6.45, 7) is 2.23. The highest BCUT2D eigenvalue weighted by Crippen LogP contribution is 2.42. The van der Waals surface area contributed by atoms with Crippen LogP contribution in [-0.2, 0) is 4.79 Å². The van der Waals surface area contributed by atoms with E-state index in [-0.39, 0.29) is 0 Å². The average Bonchev–Trinajstić information content (AvgIpc) is 2.61. The normalized spacial score (nSPS) is 31.5. The molecule has 1 fully saturated rings. The van der Waals surface area contributed by atoms with Crippen LogP contribution < -0.4 is 0 Å². The fraction of sp³-hybridized carbons (Fsp3) is 0.769. The second kappa shape index (κ2) is 4.29. The van der Waals surface area contributed by atoms with E-state index in [0.29, 0.717) is 11.7 Å². The van der Waals surface area contributed by atoms with Gasteiger partial charge in [0.15, 0.2) is 5.78 Å². The first-order chi connectivity index (χ1) is 6.81. The third-order valence-electron chi connectivity index (χ3n) is 3.76. The van der Waals surface area contributed by atoms with Crippen molar-refractivity contribution in [3.8, 4) is 0 Å². The SMILES string of the molecule is CCCCC1CC(=O)C=C2CCCC21. The van der Waals surface area contributed by atoms with Crippen LogP contribution in [0.5, 0.6) is 0 Å². The van der Waals surface area contributed by atoms with Crippen molar-refractivity contribution in [2.75, 3.05) is 0 Å². The molecule has 0 N–H and O–H groups in total. The largest absolute Gasteiger partial charge is 0.295 e. The Morgan fingerprint density at radius 2 is 2.36 bits per heavy atom. The molecule has 78 valence electrons. The second-order valence-corrected chi connectivity index (χ2v) is 4.79. The number of hydrogen-bond donors (Lipinski definition) is 0. The molecule has 0 bridgehead atoms. The molecule has 14 heavy (non-hydrogen) atoms. The van der Waals surface area contributed by atoms with Crippen LogP contribution in [0, 0.1) is 11.8 Å². The van der Waals surface area contributed by atoms with E-state index in [0.717, 1.165) is 12.3 Å². The molecule has 0 aromatic rings.